The number of rotatable bonds is 14. The summed E-state index contributed by atoms with van der Waals surface area (Å²) >= 11 is 6.56. The third-order valence-corrected chi connectivity index (χ3v) is 9.94. The molecule has 2 heterocycles. The van der Waals surface area contributed by atoms with E-state index in [9.17, 15) is 18.3 Å². The van der Waals surface area contributed by atoms with E-state index < -0.39 is 15.9 Å². The van der Waals surface area contributed by atoms with E-state index in [-0.39, 0.29) is 53.2 Å². The highest BCUT2D eigenvalue weighted by atomic mass is 35.5. The Hall–Kier alpha value is -4.50. The number of anilines is 4. The molecule has 0 spiro atoms. The molecule has 5 N–H and O–H groups in total. The molecule has 0 fully saturated rings. The van der Waals surface area contributed by atoms with Crippen molar-refractivity contribution < 1.29 is 18.3 Å². The minimum Gasteiger partial charge on any atom is -0.394 e. The zero-order valence-corrected chi connectivity index (χ0v) is 29.9. The predicted molar refractivity (Wildman–Crippen MR) is 196 cm³/mol. The van der Waals surface area contributed by atoms with Gasteiger partial charge in [-0.05, 0) is 50.1 Å². The molecular weight excluding hydrogens is 666 g/mol. The molecule has 0 aliphatic heterocycles. The second-order valence-corrected chi connectivity index (χ2v) is 14.6. The summed E-state index contributed by atoms with van der Waals surface area (Å²) in [5.74, 6) is 0.444. The van der Waals surface area contributed by atoms with Crippen LogP contribution >= 0.6 is 11.6 Å². The molecule has 5 rings (SSSR count). The number of carbonyl (C=O) groups excluding carboxylic acids is 1. The van der Waals surface area contributed by atoms with Gasteiger partial charge < -0.3 is 30.5 Å². The highest BCUT2D eigenvalue weighted by molar-refractivity contribution is 7.89. The first-order valence-corrected chi connectivity index (χ1v) is 17.8. The van der Waals surface area contributed by atoms with Gasteiger partial charge in [-0.25, -0.2) is 18.1 Å². The summed E-state index contributed by atoms with van der Waals surface area (Å²) in [6.07, 6.45) is 1.70. The second kappa shape index (κ2) is 14.9. The van der Waals surface area contributed by atoms with Gasteiger partial charge in [-0.2, -0.15) is 9.97 Å². The zero-order valence-electron chi connectivity index (χ0n) is 28.3. The average Bonchev–Trinajstić information content (AvgIpc) is 3.49. The fraction of sp³-hybridized carbons (Fsp3) is 0.353. The summed E-state index contributed by atoms with van der Waals surface area (Å²) in [5.41, 5.74) is 2.86. The fourth-order valence-electron chi connectivity index (χ4n) is 5.37. The number of aromatic nitrogens is 4. The first-order chi connectivity index (χ1) is 23.3. The van der Waals surface area contributed by atoms with E-state index in [1.54, 1.807) is 42.7 Å². The molecule has 0 bridgehead atoms. The largest absolute Gasteiger partial charge is 0.394 e. The quantitative estimate of drug-likeness (QED) is 0.0974. The van der Waals surface area contributed by atoms with E-state index in [0.29, 0.717) is 34.0 Å². The van der Waals surface area contributed by atoms with Crippen molar-refractivity contribution in [2.24, 2.45) is 5.92 Å². The number of hydrogen-bond acceptors (Lipinski definition) is 10. The van der Waals surface area contributed by atoms with Gasteiger partial charge in [0.2, 0.25) is 16.0 Å². The number of nitrogens with zero attached hydrogens (tertiary/aromatic N) is 5. The number of aliphatic hydroxyl groups excluding tert-OH is 1. The number of carbonyl (C=O) groups is 1. The van der Waals surface area contributed by atoms with Gasteiger partial charge in [0.1, 0.15) is 0 Å². The molecular formula is C34H42ClN9O4S. The topological polar surface area (TPSA) is 166 Å². The van der Waals surface area contributed by atoms with Crippen LogP contribution in [0.25, 0.3) is 21.9 Å². The van der Waals surface area contributed by atoms with Gasteiger partial charge in [0.15, 0.2) is 17.0 Å². The lowest BCUT2D eigenvalue weighted by atomic mass is 10.1. The van der Waals surface area contributed by atoms with Crippen LogP contribution in [-0.2, 0) is 10.0 Å². The first kappa shape index (κ1) is 35.8. The van der Waals surface area contributed by atoms with Crippen molar-refractivity contribution in [1.82, 2.24) is 29.6 Å². The average molecular weight is 708 g/mol. The van der Waals surface area contributed by atoms with Crippen LogP contribution in [0.4, 0.5) is 23.1 Å². The van der Waals surface area contributed by atoms with Gasteiger partial charge in [0.05, 0.1) is 34.5 Å². The molecule has 15 heteroatoms. The number of halogens is 1. The van der Waals surface area contributed by atoms with Crippen molar-refractivity contribution in [3.63, 3.8) is 0 Å². The molecule has 3 aromatic carbocycles. The lowest BCUT2D eigenvalue weighted by Crippen LogP contribution is -2.34. The van der Waals surface area contributed by atoms with Crippen molar-refractivity contribution in [1.29, 1.82) is 0 Å². The van der Waals surface area contributed by atoms with Gasteiger partial charge in [0.25, 0.3) is 5.91 Å². The lowest BCUT2D eigenvalue weighted by Gasteiger charge is -2.20. The zero-order chi connectivity index (χ0) is 35.5. The molecule has 0 aliphatic carbocycles. The van der Waals surface area contributed by atoms with E-state index in [1.807, 2.05) is 69.5 Å². The van der Waals surface area contributed by atoms with Crippen LogP contribution in [0.5, 0.6) is 0 Å². The number of fused-ring (bicyclic) bond motifs is 2. The third-order valence-electron chi connectivity index (χ3n) is 8.10. The van der Waals surface area contributed by atoms with Crippen molar-refractivity contribution in [2.75, 3.05) is 49.3 Å². The summed E-state index contributed by atoms with van der Waals surface area (Å²) in [6.45, 7) is 7.98. The number of sulfonamides is 1. The maximum atomic E-state index is 13.2. The molecule has 0 saturated carbocycles. The number of amides is 1. The third kappa shape index (κ3) is 7.88. The first-order valence-electron chi connectivity index (χ1n) is 16.0. The van der Waals surface area contributed by atoms with Crippen LogP contribution in [0.3, 0.4) is 0 Å². The van der Waals surface area contributed by atoms with E-state index in [4.69, 9.17) is 11.6 Å². The molecule has 0 saturated heterocycles. The minimum atomic E-state index is -3.86. The van der Waals surface area contributed by atoms with Crippen LogP contribution in [0, 0.1) is 5.92 Å². The normalized spacial score (nSPS) is 12.5. The van der Waals surface area contributed by atoms with Crippen LogP contribution in [0.1, 0.15) is 44.1 Å². The molecule has 1 amide bonds. The highest BCUT2D eigenvalue weighted by Crippen LogP contribution is 2.31. The minimum absolute atomic E-state index is 0.0217. The number of hydrogen-bond donors (Lipinski definition) is 5. The van der Waals surface area contributed by atoms with Gasteiger partial charge in [-0.15, -0.1) is 0 Å². The van der Waals surface area contributed by atoms with E-state index >= 15 is 0 Å². The van der Waals surface area contributed by atoms with E-state index in [2.05, 4.69) is 35.6 Å². The van der Waals surface area contributed by atoms with E-state index in [0.717, 1.165) is 11.1 Å². The van der Waals surface area contributed by atoms with Crippen molar-refractivity contribution in [3.8, 4) is 0 Å². The summed E-state index contributed by atoms with van der Waals surface area (Å²) in [5, 5.41) is 20.7. The molecule has 49 heavy (non-hydrogen) atoms. The number of benzene rings is 3. The molecule has 2 aromatic heterocycles. The highest BCUT2D eigenvalue weighted by Gasteiger charge is 2.21. The predicted octanol–water partition coefficient (Wildman–Crippen LogP) is 5.16. The van der Waals surface area contributed by atoms with Gasteiger partial charge in [0, 0.05) is 55.4 Å². The second-order valence-electron chi connectivity index (χ2n) is 12.5. The number of aliphatic hydroxyl groups is 1. The maximum Gasteiger partial charge on any atom is 0.252 e. The molecule has 0 radical (unpaired) electrons. The Morgan fingerprint density at radius 1 is 1.00 bits per heavy atom. The summed E-state index contributed by atoms with van der Waals surface area (Å²) in [6, 6.07) is 15.4. The fourth-order valence-corrected chi connectivity index (χ4v) is 6.89. The van der Waals surface area contributed by atoms with Gasteiger partial charge in [-0.3, -0.25) is 4.79 Å². The SMILES string of the molecule is CC(C)[C@@H](CO)Nc1nc(Nc2ccc(C(=O)NCCNS(=O)(=O)c3cccc4c(N(C)C)cccc34)c(Cl)c2)c2ncn(C(C)C)c2n1. The van der Waals surface area contributed by atoms with Crippen molar-refractivity contribution in [2.45, 2.75) is 44.7 Å². The molecule has 0 aliphatic rings. The molecule has 13 nitrogen and oxygen atoms in total. The Labute approximate surface area is 291 Å². The Morgan fingerprint density at radius 2 is 1.73 bits per heavy atom. The van der Waals surface area contributed by atoms with Crippen LogP contribution in [0.15, 0.2) is 65.8 Å². The standard InChI is InChI=1S/C34H42ClN9O4S/c1-20(2)27(18-45)40-34-41-31(30-32(42-34)44(19-37-30)21(3)4)39-22-13-14-25(26(35)17-22)33(46)36-15-16-38-49(47,48)29-12-8-9-23-24(29)10-7-11-28(23)43(5)6/h7-14,17,19-21,27,38,45H,15-16,18H2,1-6H3,(H,36,46)(H2,39,40,41,42)/t27-/m1/s1. The summed E-state index contributed by atoms with van der Waals surface area (Å²) < 4.78 is 31.0. The van der Waals surface area contributed by atoms with Crippen LogP contribution in [0.2, 0.25) is 5.02 Å². The smallest absolute Gasteiger partial charge is 0.252 e. The molecule has 0 unspecified atom stereocenters. The Kier molecular flexibility index (Phi) is 10.9. The summed E-state index contributed by atoms with van der Waals surface area (Å²) in [7, 11) is -0.0483. The summed E-state index contributed by atoms with van der Waals surface area (Å²) in [4.78, 5) is 29.0. The van der Waals surface area contributed by atoms with E-state index in [1.165, 1.54) is 0 Å². The van der Waals surface area contributed by atoms with Gasteiger partial charge in [-0.1, -0.05) is 49.7 Å². The van der Waals surface area contributed by atoms with Crippen molar-refractivity contribution >= 4 is 72.6 Å². The number of nitrogens with one attached hydrogen (secondary N) is 4. The lowest BCUT2D eigenvalue weighted by molar-refractivity contribution is 0.0954. The molecule has 260 valence electrons. The van der Waals surface area contributed by atoms with Gasteiger partial charge >= 0.3 is 0 Å². The van der Waals surface area contributed by atoms with Crippen LogP contribution in [-0.4, -0.2) is 78.8 Å². The Balaban J connectivity index is 1.27. The Bertz CT molecular complexity index is 2080. The number of imidazole rings is 1. The maximum absolute atomic E-state index is 13.2. The van der Waals surface area contributed by atoms with Crippen molar-refractivity contribution in [3.05, 3.63) is 71.5 Å². The molecule has 5 aromatic rings. The van der Waals surface area contributed by atoms with Crippen LogP contribution < -0.4 is 25.6 Å². The molecule has 1 atom stereocenters. The Morgan fingerprint density at radius 3 is 2.41 bits per heavy atom. The monoisotopic (exact) mass is 707 g/mol.